The van der Waals surface area contributed by atoms with Crippen molar-refractivity contribution < 1.29 is 4.74 Å². The molecule has 23 heavy (non-hydrogen) atoms. The van der Waals surface area contributed by atoms with Gasteiger partial charge in [-0.3, -0.25) is 5.10 Å². The van der Waals surface area contributed by atoms with Crippen molar-refractivity contribution in [2.45, 2.75) is 52.9 Å². The molecule has 0 aliphatic carbocycles. The number of aromatic amines is 1. The Morgan fingerprint density at radius 1 is 1.17 bits per heavy atom. The number of nitrogens with one attached hydrogen (secondary N) is 1. The van der Waals surface area contributed by atoms with Crippen LogP contribution in [0.2, 0.25) is 0 Å². The van der Waals surface area contributed by atoms with E-state index in [1.54, 1.807) is 0 Å². The maximum atomic E-state index is 6.10. The Morgan fingerprint density at radius 3 is 2.35 bits per heavy atom. The van der Waals surface area contributed by atoms with Crippen LogP contribution in [0, 0.1) is 13.8 Å². The van der Waals surface area contributed by atoms with E-state index >= 15 is 0 Å². The fraction of sp³-hybridized carbons (Fsp3) is 0.526. The molecule has 0 spiro atoms. The van der Waals surface area contributed by atoms with Gasteiger partial charge in [-0.2, -0.15) is 5.10 Å². The summed E-state index contributed by atoms with van der Waals surface area (Å²) >= 11 is 0. The number of ether oxygens (including phenoxy) is 1. The van der Waals surface area contributed by atoms with Gasteiger partial charge in [-0.15, -0.1) is 0 Å². The molecule has 3 N–H and O–H groups in total. The van der Waals surface area contributed by atoms with Crippen molar-refractivity contribution in [3.63, 3.8) is 0 Å². The summed E-state index contributed by atoms with van der Waals surface area (Å²) in [4.78, 5) is 0. The molecule has 1 heterocycles. The molecule has 126 valence electrons. The molecular weight excluding hydrogens is 286 g/mol. The molecule has 1 unspecified atom stereocenters. The summed E-state index contributed by atoms with van der Waals surface area (Å²) in [5.41, 5.74) is 11.8. The maximum Gasteiger partial charge on any atom is 0.123 e. The van der Waals surface area contributed by atoms with E-state index in [-0.39, 0.29) is 11.3 Å². The predicted octanol–water partition coefficient (Wildman–Crippen LogP) is 3.81. The van der Waals surface area contributed by atoms with Crippen molar-refractivity contribution in [1.82, 2.24) is 10.2 Å². The monoisotopic (exact) mass is 315 g/mol. The first-order valence-corrected chi connectivity index (χ1v) is 8.27. The summed E-state index contributed by atoms with van der Waals surface area (Å²) in [6.07, 6.45) is 0. The van der Waals surface area contributed by atoms with E-state index < -0.39 is 0 Å². The standard InChI is InChI=1S/C19H29N3O/c1-7-23-17-9-13(3)12(2)8-14(17)15(11-20)16-10-18(22-21-16)19(4,5)6/h8-10,15H,7,11,20H2,1-6H3,(H,21,22). The minimum Gasteiger partial charge on any atom is -0.494 e. The number of nitrogens with two attached hydrogens (primary N) is 1. The van der Waals surface area contributed by atoms with Crippen LogP contribution in [0.1, 0.15) is 61.7 Å². The third kappa shape index (κ3) is 3.75. The third-order valence-corrected chi connectivity index (χ3v) is 4.28. The van der Waals surface area contributed by atoms with Gasteiger partial charge in [0.05, 0.1) is 12.3 Å². The average Bonchev–Trinajstić information content (AvgIpc) is 2.95. The molecular formula is C19H29N3O. The topological polar surface area (TPSA) is 63.9 Å². The average molecular weight is 315 g/mol. The second-order valence-corrected chi connectivity index (χ2v) is 7.15. The van der Waals surface area contributed by atoms with Crippen LogP contribution in [-0.4, -0.2) is 23.3 Å². The lowest BCUT2D eigenvalue weighted by atomic mass is 9.88. The van der Waals surface area contributed by atoms with Crippen LogP contribution in [0.5, 0.6) is 5.75 Å². The molecule has 0 amide bonds. The van der Waals surface area contributed by atoms with Gasteiger partial charge >= 0.3 is 0 Å². The molecule has 4 heteroatoms. The van der Waals surface area contributed by atoms with Crippen LogP contribution in [0.3, 0.4) is 0 Å². The zero-order valence-corrected chi connectivity index (χ0v) is 15.2. The first-order valence-electron chi connectivity index (χ1n) is 8.27. The highest BCUT2D eigenvalue weighted by atomic mass is 16.5. The number of H-pyrrole nitrogens is 1. The number of hydrogen-bond acceptors (Lipinski definition) is 3. The Bertz CT molecular complexity index is 668. The van der Waals surface area contributed by atoms with E-state index in [4.69, 9.17) is 10.5 Å². The molecule has 0 fully saturated rings. The molecule has 0 radical (unpaired) electrons. The Morgan fingerprint density at radius 2 is 1.83 bits per heavy atom. The van der Waals surface area contributed by atoms with Gasteiger partial charge in [-0.25, -0.2) is 0 Å². The minimum atomic E-state index is 0.0137. The van der Waals surface area contributed by atoms with Crippen molar-refractivity contribution >= 4 is 0 Å². The molecule has 1 atom stereocenters. The zero-order chi connectivity index (χ0) is 17.2. The highest BCUT2D eigenvalue weighted by Gasteiger charge is 2.23. The van der Waals surface area contributed by atoms with Crippen molar-refractivity contribution in [3.8, 4) is 5.75 Å². The van der Waals surface area contributed by atoms with E-state index in [0.717, 1.165) is 22.7 Å². The number of hydrogen-bond donors (Lipinski definition) is 2. The van der Waals surface area contributed by atoms with E-state index in [9.17, 15) is 0 Å². The first-order chi connectivity index (χ1) is 10.8. The van der Waals surface area contributed by atoms with Gasteiger partial charge in [0.25, 0.3) is 0 Å². The minimum absolute atomic E-state index is 0.0137. The predicted molar refractivity (Wildman–Crippen MR) is 95.3 cm³/mol. The second kappa shape index (κ2) is 6.75. The largest absolute Gasteiger partial charge is 0.494 e. The van der Waals surface area contributed by atoms with Gasteiger partial charge in [-0.05, 0) is 44.0 Å². The number of nitrogens with zero attached hydrogens (tertiary/aromatic N) is 1. The summed E-state index contributed by atoms with van der Waals surface area (Å²) in [5.74, 6) is 0.970. The van der Waals surface area contributed by atoms with Crippen LogP contribution in [0.4, 0.5) is 0 Å². The molecule has 0 saturated carbocycles. The van der Waals surface area contributed by atoms with Crippen molar-refractivity contribution in [2.75, 3.05) is 13.2 Å². The Hall–Kier alpha value is -1.81. The summed E-state index contributed by atoms with van der Waals surface area (Å²) < 4.78 is 5.86. The molecule has 4 nitrogen and oxygen atoms in total. The van der Waals surface area contributed by atoms with Gasteiger partial charge in [0, 0.05) is 29.1 Å². The summed E-state index contributed by atoms with van der Waals surface area (Å²) in [7, 11) is 0. The Balaban J connectivity index is 2.48. The lowest BCUT2D eigenvalue weighted by Gasteiger charge is -2.20. The molecule has 2 aromatic rings. The SMILES string of the molecule is CCOc1cc(C)c(C)cc1C(CN)c1cc(C(C)(C)C)n[nH]1. The van der Waals surface area contributed by atoms with Gasteiger partial charge < -0.3 is 10.5 Å². The fourth-order valence-electron chi connectivity index (χ4n) is 2.69. The van der Waals surface area contributed by atoms with Gasteiger partial charge in [-0.1, -0.05) is 26.8 Å². The van der Waals surface area contributed by atoms with Crippen LogP contribution >= 0.6 is 0 Å². The fourth-order valence-corrected chi connectivity index (χ4v) is 2.69. The molecule has 0 aliphatic heterocycles. The van der Waals surface area contributed by atoms with Crippen LogP contribution < -0.4 is 10.5 Å². The van der Waals surface area contributed by atoms with Crippen molar-refractivity contribution in [2.24, 2.45) is 5.73 Å². The van der Waals surface area contributed by atoms with E-state index in [0.29, 0.717) is 13.2 Å². The molecule has 2 rings (SSSR count). The molecule has 0 saturated heterocycles. The lowest BCUT2D eigenvalue weighted by Crippen LogP contribution is -2.16. The number of benzene rings is 1. The zero-order valence-electron chi connectivity index (χ0n) is 15.2. The van der Waals surface area contributed by atoms with Gasteiger partial charge in [0.15, 0.2) is 0 Å². The van der Waals surface area contributed by atoms with Gasteiger partial charge in [0.1, 0.15) is 5.75 Å². The van der Waals surface area contributed by atoms with Crippen LogP contribution in [0.25, 0.3) is 0 Å². The molecule has 1 aromatic heterocycles. The summed E-state index contributed by atoms with van der Waals surface area (Å²) in [6.45, 7) is 13.9. The highest BCUT2D eigenvalue weighted by Crippen LogP contribution is 2.34. The van der Waals surface area contributed by atoms with E-state index in [1.165, 1.54) is 11.1 Å². The molecule has 1 aromatic carbocycles. The van der Waals surface area contributed by atoms with Gasteiger partial charge in [0.2, 0.25) is 0 Å². The number of aryl methyl sites for hydroxylation is 2. The quantitative estimate of drug-likeness (QED) is 0.881. The number of aromatic nitrogens is 2. The van der Waals surface area contributed by atoms with Crippen molar-refractivity contribution in [3.05, 3.63) is 46.3 Å². The van der Waals surface area contributed by atoms with E-state index in [1.807, 2.05) is 6.92 Å². The summed E-state index contributed by atoms with van der Waals surface area (Å²) in [6, 6.07) is 6.43. The highest BCUT2D eigenvalue weighted by molar-refractivity contribution is 5.47. The molecule has 0 aliphatic rings. The Kier molecular flexibility index (Phi) is 5.15. The Labute approximate surface area is 139 Å². The number of rotatable bonds is 5. The third-order valence-electron chi connectivity index (χ3n) is 4.28. The lowest BCUT2D eigenvalue weighted by molar-refractivity contribution is 0.335. The first kappa shape index (κ1) is 17.5. The smallest absolute Gasteiger partial charge is 0.123 e. The maximum absolute atomic E-state index is 6.10. The molecule has 0 bridgehead atoms. The second-order valence-electron chi connectivity index (χ2n) is 7.15. The normalized spacial score (nSPS) is 13.2. The summed E-state index contributed by atoms with van der Waals surface area (Å²) in [5, 5.41) is 7.66. The van der Waals surface area contributed by atoms with Crippen LogP contribution in [0.15, 0.2) is 18.2 Å². The van der Waals surface area contributed by atoms with E-state index in [2.05, 4.69) is 63.0 Å². The van der Waals surface area contributed by atoms with Crippen LogP contribution in [-0.2, 0) is 5.41 Å². The van der Waals surface area contributed by atoms with Crippen molar-refractivity contribution in [1.29, 1.82) is 0 Å².